The summed E-state index contributed by atoms with van der Waals surface area (Å²) in [7, 11) is 0. The van der Waals surface area contributed by atoms with Crippen LogP contribution in [-0.4, -0.2) is 11.1 Å². The first-order chi connectivity index (χ1) is 6.61. The fraction of sp³-hybridized carbons (Fsp3) is 0. The molecule has 0 saturated heterocycles. The van der Waals surface area contributed by atoms with Crippen LogP contribution in [0.25, 0.3) is 10.1 Å². The second-order valence-electron chi connectivity index (χ2n) is 2.69. The predicted molar refractivity (Wildman–Crippen MR) is 56.4 cm³/mol. The van der Waals surface area contributed by atoms with Crippen LogP contribution in [0.2, 0.25) is 0 Å². The van der Waals surface area contributed by atoms with Crippen LogP contribution in [-0.2, 0) is 0 Å². The molecule has 1 aromatic carbocycles. The van der Waals surface area contributed by atoms with E-state index in [0.29, 0.717) is 14.6 Å². The third-order valence-corrected chi connectivity index (χ3v) is 3.63. The zero-order valence-corrected chi connectivity index (χ0v) is 9.15. The van der Waals surface area contributed by atoms with Crippen LogP contribution < -0.4 is 0 Å². The minimum absolute atomic E-state index is 0.0478. The van der Waals surface area contributed by atoms with Gasteiger partial charge in [0.1, 0.15) is 5.82 Å². The van der Waals surface area contributed by atoms with Gasteiger partial charge in [0.25, 0.3) is 0 Å². The number of thiophene rings is 1. The molecular weight excluding hydrogens is 271 g/mol. The highest BCUT2D eigenvalue weighted by Crippen LogP contribution is 2.33. The molecule has 1 N–H and O–H groups in total. The van der Waals surface area contributed by atoms with E-state index in [1.807, 2.05) is 0 Å². The van der Waals surface area contributed by atoms with Crippen molar-refractivity contribution in [2.45, 2.75) is 0 Å². The van der Waals surface area contributed by atoms with Gasteiger partial charge in [0.15, 0.2) is 0 Å². The quantitative estimate of drug-likeness (QED) is 0.864. The van der Waals surface area contributed by atoms with E-state index in [0.717, 1.165) is 6.07 Å². The smallest absolute Gasteiger partial charge is 0.336 e. The van der Waals surface area contributed by atoms with Gasteiger partial charge in [-0.15, -0.1) is 11.3 Å². The van der Waals surface area contributed by atoms with Gasteiger partial charge in [-0.2, -0.15) is 0 Å². The molecule has 0 unspecified atom stereocenters. The second-order valence-corrected chi connectivity index (χ2v) is 4.40. The van der Waals surface area contributed by atoms with Crippen molar-refractivity contribution < 1.29 is 14.3 Å². The Bertz CT molecular complexity index is 521. The van der Waals surface area contributed by atoms with E-state index in [-0.39, 0.29) is 5.56 Å². The fourth-order valence-corrected chi connectivity index (χ4v) is 2.78. The van der Waals surface area contributed by atoms with Gasteiger partial charge in [-0.1, -0.05) is 0 Å². The molecule has 2 nitrogen and oxygen atoms in total. The Morgan fingerprint density at radius 1 is 1.57 bits per heavy atom. The third-order valence-electron chi connectivity index (χ3n) is 1.86. The van der Waals surface area contributed by atoms with Gasteiger partial charge in [-0.3, -0.25) is 0 Å². The van der Waals surface area contributed by atoms with Gasteiger partial charge in [0, 0.05) is 9.86 Å². The summed E-state index contributed by atoms with van der Waals surface area (Å²) < 4.78 is 14.3. The summed E-state index contributed by atoms with van der Waals surface area (Å²) in [6, 6.07) is 2.73. The molecule has 0 aliphatic rings. The minimum atomic E-state index is -1.14. The molecule has 1 heterocycles. The number of halogens is 2. The molecule has 0 fully saturated rings. The summed E-state index contributed by atoms with van der Waals surface area (Å²) in [4.78, 5) is 10.7. The largest absolute Gasteiger partial charge is 0.478 e. The number of carboxylic acid groups (broad SMARTS) is 1. The molecule has 0 spiro atoms. The van der Waals surface area contributed by atoms with Crippen molar-refractivity contribution in [3.8, 4) is 0 Å². The lowest BCUT2D eigenvalue weighted by atomic mass is 10.1. The van der Waals surface area contributed by atoms with Gasteiger partial charge in [0.05, 0.1) is 10.3 Å². The zero-order chi connectivity index (χ0) is 10.3. The first-order valence-electron chi connectivity index (χ1n) is 3.69. The van der Waals surface area contributed by atoms with E-state index in [1.165, 1.54) is 11.3 Å². The Morgan fingerprint density at radius 2 is 2.29 bits per heavy atom. The summed E-state index contributed by atoms with van der Waals surface area (Å²) in [6.07, 6.45) is 0. The molecule has 0 atom stereocenters. The lowest BCUT2D eigenvalue weighted by Crippen LogP contribution is -1.98. The Balaban J connectivity index is 2.88. The summed E-state index contributed by atoms with van der Waals surface area (Å²) in [5.74, 6) is -1.63. The Labute approximate surface area is 91.1 Å². The van der Waals surface area contributed by atoms with E-state index < -0.39 is 11.8 Å². The first kappa shape index (κ1) is 9.61. The number of hydrogen-bond donors (Lipinski definition) is 1. The zero-order valence-electron chi connectivity index (χ0n) is 6.75. The maximum Gasteiger partial charge on any atom is 0.336 e. The van der Waals surface area contributed by atoms with Crippen molar-refractivity contribution in [3.63, 3.8) is 0 Å². The minimum Gasteiger partial charge on any atom is -0.478 e. The van der Waals surface area contributed by atoms with Gasteiger partial charge in [0.2, 0.25) is 0 Å². The molecule has 2 rings (SSSR count). The van der Waals surface area contributed by atoms with E-state index in [2.05, 4.69) is 15.9 Å². The van der Waals surface area contributed by atoms with Gasteiger partial charge in [-0.05, 0) is 33.4 Å². The maximum absolute atomic E-state index is 13.3. The van der Waals surface area contributed by atoms with E-state index in [1.54, 1.807) is 11.4 Å². The maximum atomic E-state index is 13.3. The standard InChI is InChI=1S/C9H4BrFO2S/c10-7-4-1-2-14-8(4)6(11)3-5(7)9(12)13/h1-3H,(H,12,13). The molecule has 0 radical (unpaired) electrons. The molecule has 2 aromatic rings. The van der Waals surface area contributed by atoms with Crippen LogP contribution in [0, 0.1) is 5.82 Å². The summed E-state index contributed by atoms with van der Waals surface area (Å²) in [6.45, 7) is 0. The average Bonchev–Trinajstić information content (AvgIpc) is 2.59. The van der Waals surface area contributed by atoms with Gasteiger partial charge >= 0.3 is 5.97 Å². The van der Waals surface area contributed by atoms with Crippen molar-refractivity contribution in [1.29, 1.82) is 0 Å². The van der Waals surface area contributed by atoms with Crippen LogP contribution in [0.5, 0.6) is 0 Å². The van der Waals surface area contributed by atoms with Crippen molar-refractivity contribution in [3.05, 3.63) is 33.4 Å². The number of carboxylic acids is 1. The Morgan fingerprint density at radius 3 is 2.93 bits per heavy atom. The normalized spacial score (nSPS) is 10.7. The lowest BCUT2D eigenvalue weighted by Gasteiger charge is -2.01. The number of benzene rings is 1. The molecule has 0 saturated carbocycles. The van der Waals surface area contributed by atoms with E-state index in [9.17, 15) is 9.18 Å². The van der Waals surface area contributed by atoms with Crippen LogP contribution >= 0.6 is 27.3 Å². The average molecular weight is 275 g/mol. The molecule has 5 heteroatoms. The van der Waals surface area contributed by atoms with Crippen LogP contribution in [0.3, 0.4) is 0 Å². The van der Waals surface area contributed by atoms with Crippen LogP contribution in [0.4, 0.5) is 4.39 Å². The molecular formula is C9H4BrFO2S. The number of hydrogen-bond acceptors (Lipinski definition) is 2. The molecule has 0 aliphatic carbocycles. The van der Waals surface area contributed by atoms with Gasteiger partial charge in [-0.25, -0.2) is 9.18 Å². The molecule has 0 bridgehead atoms. The monoisotopic (exact) mass is 274 g/mol. The van der Waals surface area contributed by atoms with Gasteiger partial charge < -0.3 is 5.11 Å². The number of carbonyl (C=O) groups is 1. The Kier molecular flexibility index (Phi) is 2.28. The molecule has 72 valence electrons. The molecule has 14 heavy (non-hydrogen) atoms. The van der Waals surface area contributed by atoms with Crippen molar-refractivity contribution in [1.82, 2.24) is 0 Å². The Hall–Kier alpha value is -0.940. The lowest BCUT2D eigenvalue weighted by molar-refractivity contribution is 0.0695. The van der Waals surface area contributed by atoms with Crippen LogP contribution in [0.1, 0.15) is 10.4 Å². The number of fused-ring (bicyclic) bond motifs is 1. The summed E-state index contributed by atoms with van der Waals surface area (Å²) >= 11 is 4.41. The highest BCUT2D eigenvalue weighted by atomic mass is 79.9. The fourth-order valence-electron chi connectivity index (χ4n) is 1.22. The van der Waals surface area contributed by atoms with Crippen molar-refractivity contribution in [2.75, 3.05) is 0 Å². The third kappa shape index (κ3) is 1.33. The first-order valence-corrected chi connectivity index (χ1v) is 5.37. The SMILES string of the molecule is O=C(O)c1cc(F)c2sccc2c1Br. The molecule has 1 aromatic heterocycles. The summed E-state index contributed by atoms with van der Waals surface area (Å²) in [5.41, 5.74) is -0.0478. The highest BCUT2D eigenvalue weighted by molar-refractivity contribution is 9.10. The topological polar surface area (TPSA) is 37.3 Å². The molecule has 0 aliphatic heterocycles. The van der Waals surface area contributed by atoms with Crippen molar-refractivity contribution >= 4 is 43.3 Å². The van der Waals surface area contributed by atoms with Crippen molar-refractivity contribution in [2.24, 2.45) is 0 Å². The second kappa shape index (κ2) is 3.33. The predicted octanol–water partition coefficient (Wildman–Crippen LogP) is 3.50. The highest BCUT2D eigenvalue weighted by Gasteiger charge is 2.15. The van der Waals surface area contributed by atoms with E-state index >= 15 is 0 Å². The molecule has 0 amide bonds. The summed E-state index contributed by atoms with van der Waals surface area (Å²) in [5, 5.41) is 11.1. The van der Waals surface area contributed by atoms with Crippen LogP contribution in [0.15, 0.2) is 22.0 Å². The number of rotatable bonds is 1. The van der Waals surface area contributed by atoms with E-state index in [4.69, 9.17) is 5.11 Å². The number of aromatic carboxylic acids is 1.